The predicted molar refractivity (Wildman–Crippen MR) is 121 cm³/mol. The van der Waals surface area contributed by atoms with Crippen LogP contribution in [-0.4, -0.2) is 12.2 Å². The zero-order valence-electron chi connectivity index (χ0n) is 15.7. The van der Waals surface area contributed by atoms with Crippen molar-refractivity contribution in [2.45, 2.75) is 11.4 Å². The first kappa shape index (κ1) is 19.6. The van der Waals surface area contributed by atoms with Crippen LogP contribution in [0.4, 0.5) is 17.1 Å². The van der Waals surface area contributed by atoms with E-state index < -0.39 is 0 Å². The number of carbonyl (C=O) groups is 1. The van der Waals surface area contributed by atoms with Crippen molar-refractivity contribution in [3.63, 3.8) is 0 Å². The van der Waals surface area contributed by atoms with Gasteiger partial charge in [0.2, 0.25) is 5.91 Å². The molecular formula is C23H23N3OS. The zero-order valence-corrected chi connectivity index (χ0v) is 16.5. The normalized spacial score (nSPS) is 10.8. The number of thioether (sulfide) groups is 1. The molecule has 0 heterocycles. The minimum absolute atomic E-state index is 0.211. The Morgan fingerprint density at radius 3 is 2.39 bits per heavy atom. The Kier molecular flexibility index (Phi) is 6.76. The van der Waals surface area contributed by atoms with Crippen LogP contribution in [0.25, 0.3) is 6.08 Å². The molecule has 0 atom stereocenters. The van der Waals surface area contributed by atoms with Crippen molar-refractivity contribution in [1.29, 1.82) is 0 Å². The summed E-state index contributed by atoms with van der Waals surface area (Å²) in [6.07, 6.45) is 5.36. The molecular weight excluding hydrogens is 366 g/mol. The second-order valence-electron chi connectivity index (χ2n) is 6.23. The highest BCUT2D eigenvalue weighted by molar-refractivity contribution is 7.98. The molecule has 3 aromatic rings. The van der Waals surface area contributed by atoms with Gasteiger partial charge in [-0.05, 0) is 59.9 Å². The van der Waals surface area contributed by atoms with Gasteiger partial charge in [-0.15, -0.1) is 11.8 Å². The van der Waals surface area contributed by atoms with Gasteiger partial charge in [0.15, 0.2) is 0 Å². The Labute approximate surface area is 169 Å². The van der Waals surface area contributed by atoms with Crippen LogP contribution in [0.15, 0.2) is 83.8 Å². The number of carbonyl (C=O) groups excluding carboxylic acids is 1. The Morgan fingerprint density at radius 1 is 1.00 bits per heavy atom. The van der Waals surface area contributed by atoms with Crippen LogP contribution in [0.2, 0.25) is 0 Å². The van der Waals surface area contributed by atoms with E-state index in [-0.39, 0.29) is 5.91 Å². The summed E-state index contributed by atoms with van der Waals surface area (Å²) >= 11 is 1.73. The fraction of sp³-hybridized carbons (Fsp3) is 0.0870. The molecule has 0 aliphatic carbocycles. The van der Waals surface area contributed by atoms with Gasteiger partial charge in [0, 0.05) is 23.2 Å². The van der Waals surface area contributed by atoms with Crippen LogP contribution in [0.1, 0.15) is 11.1 Å². The van der Waals surface area contributed by atoms with Crippen LogP contribution < -0.4 is 16.4 Å². The van der Waals surface area contributed by atoms with E-state index in [1.807, 2.05) is 24.3 Å². The van der Waals surface area contributed by atoms with E-state index in [2.05, 4.69) is 53.3 Å². The number of rotatable bonds is 7. The number of nitrogen functional groups attached to an aromatic ring is 1. The Balaban J connectivity index is 1.52. The van der Waals surface area contributed by atoms with Gasteiger partial charge in [0.25, 0.3) is 0 Å². The lowest BCUT2D eigenvalue weighted by Crippen LogP contribution is -2.09. The molecule has 0 aromatic heterocycles. The minimum Gasteiger partial charge on any atom is -0.397 e. The molecule has 0 spiro atoms. The quantitative estimate of drug-likeness (QED) is 0.293. The van der Waals surface area contributed by atoms with Crippen LogP contribution in [-0.2, 0) is 11.3 Å². The van der Waals surface area contributed by atoms with E-state index in [1.54, 1.807) is 30.0 Å². The number of hydrogen-bond acceptors (Lipinski definition) is 4. The molecule has 1 amide bonds. The van der Waals surface area contributed by atoms with E-state index in [9.17, 15) is 4.79 Å². The van der Waals surface area contributed by atoms with E-state index in [0.717, 1.165) is 17.8 Å². The van der Waals surface area contributed by atoms with Crippen molar-refractivity contribution < 1.29 is 4.79 Å². The first-order valence-corrected chi connectivity index (χ1v) is 10.2. The van der Waals surface area contributed by atoms with Crippen molar-refractivity contribution in [3.05, 3.63) is 90.0 Å². The number of nitrogens with two attached hydrogens (primary N) is 1. The minimum atomic E-state index is -0.211. The van der Waals surface area contributed by atoms with Crippen LogP contribution in [0.3, 0.4) is 0 Å². The second kappa shape index (κ2) is 9.67. The Hall–Kier alpha value is -3.18. The van der Waals surface area contributed by atoms with Crippen molar-refractivity contribution in [1.82, 2.24) is 0 Å². The molecule has 3 rings (SSSR count). The standard InChI is InChI=1S/C23H23N3OS/c1-28-20-13-11-19(12-14-20)25-16-18-8-6-17(7-9-18)10-15-23(27)26-22-5-3-2-4-21(22)24/h2-15,25H,16,24H2,1H3,(H,26,27)/b15-10-. The average Bonchev–Trinajstić information content (AvgIpc) is 2.73. The molecule has 0 saturated heterocycles. The Bertz CT molecular complexity index is 950. The van der Waals surface area contributed by atoms with Crippen molar-refractivity contribution >= 4 is 40.8 Å². The van der Waals surface area contributed by atoms with Crippen LogP contribution >= 0.6 is 11.8 Å². The lowest BCUT2D eigenvalue weighted by Gasteiger charge is -2.07. The van der Waals surface area contributed by atoms with Gasteiger partial charge in [-0.25, -0.2) is 0 Å². The highest BCUT2D eigenvalue weighted by Gasteiger charge is 2.01. The molecule has 4 N–H and O–H groups in total. The van der Waals surface area contributed by atoms with Crippen LogP contribution in [0, 0.1) is 0 Å². The molecule has 0 radical (unpaired) electrons. The van der Waals surface area contributed by atoms with E-state index in [0.29, 0.717) is 11.4 Å². The van der Waals surface area contributed by atoms with Gasteiger partial charge in [0.05, 0.1) is 11.4 Å². The summed E-state index contributed by atoms with van der Waals surface area (Å²) in [6, 6.07) is 23.7. The average molecular weight is 390 g/mol. The molecule has 5 heteroatoms. The number of amides is 1. The molecule has 4 nitrogen and oxygen atoms in total. The fourth-order valence-corrected chi connectivity index (χ4v) is 3.02. The van der Waals surface area contributed by atoms with E-state index in [1.165, 1.54) is 16.5 Å². The molecule has 0 aliphatic heterocycles. The molecule has 0 saturated carbocycles. The summed E-state index contributed by atoms with van der Waals surface area (Å²) in [5, 5.41) is 6.19. The highest BCUT2D eigenvalue weighted by Crippen LogP contribution is 2.18. The first-order chi connectivity index (χ1) is 13.6. The second-order valence-corrected chi connectivity index (χ2v) is 7.11. The van der Waals surface area contributed by atoms with Gasteiger partial charge in [-0.3, -0.25) is 4.79 Å². The summed E-state index contributed by atoms with van der Waals surface area (Å²) in [5.74, 6) is -0.211. The summed E-state index contributed by atoms with van der Waals surface area (Å²) < 4.78 is 0. The van der Waals surface area contributed by atoms with Gasteiger partial charge in [-0.1, -0.05) is 36.4 Å². The molecule has 0 fully saturated rings. The monoisotopic (exact) mass is 389 g/mol. The third-order valence-corrected chi connectivity index (χ3v) is 4.96. The summed E-state index contributed by atoms with van der Waals surface area (Å²) in [6.45, 7) is 0.746. The maximum Gasteiger partial charge on any atom is 0.248 e. The van der Waals surface area contributed by atoms with Gasteiger partial charge < -0.3 is 16.4 Å². The van der Waals surface area contributed by atoms with Crippen molar-refractivity contribution in [2.24, 2.45) is 0 Å². The fourth-order valence-electron chi connectivity index (χ4n) is 2.62. The van der Waals surface area contributed by atoms with Crippen molar-refractivity contribution in [3.8, 4) is 0 Å². The van der Waals surface area contributed by atoms with Crippen LogP contribution in [0.5, 0.6) is 0 Å². The number of hydrogen-bond donors (Lipinski definition) is 3. The topological polar surface area (TPSA) is 67.2 Å². The smallest absolute Gasteiger partial charge is 0.248 e. The largest absolute Gasteiger partial charge is 0.397 e. The molecule has 3 aromatic carbocycles. The maximum atomic E-state index is 12.0. The number of para-hydroxylation sites is 2. The summed E-state index contributed by atoms with van der Waals surface area (Å²) in [7, 11) is 0. The van der Waals surface area contributed by atoms with E-state index >= 15 is 0 Å². The first-order valence-electron chi connectivity index (χ1n) is 8.94. The molecule has 0 unspecified atom stereocenters. The number of nitrogens with one attached hydrogen (secondary N) is 2. The maximum absolute atomic E-state index is 12.0. The third-order valence-electron chi connectivity index (χ3n) is 4.21. The predicted octanol–water partition coefficient (Wildman–Crippen LogP) is 5.25. The third kappa shape index (κ3) is 5.66. The van der Waals surface area contributed by atoms with E-state index in [4.69, 9.17) is 5.73 Å². The van der Waals surface area contributed by atoms with Gasteiger partial charge in [-0.2, -0.15) is 0 Å². The van der Waals surface area contributed by atoms with Crippen molar-refractivity contribution in [2.75, 3.05) is 22.6 Å². The molecule has 0 aliphatic rings. The highest BCUT2D eigenvalue weighted by atomic mass is 32.2. The summed E-state index contributed by atoms with van der Waals surface area (Å²) in [4.78, 5) is 13.3. The lowest BCUT2D eigenvalue weighted by molar-refractivity contribution is -0.111. The SMILES string of the molecule is CSc1ccc(NCc2ccc(/C=C\C(=O)Nc3ccccc3N)cc2)cc1. The number of anilines is 3. The Morgan fingerprint density at radius 2 is 1.71 bits per heavy atom. The van der Waals surface area contributed by atoms with Gasteiger partial charge in [0.1, 0.15) is 0 Å². The van der Waals surface area contributed by atoms with Gasteiger partial charge >= 0.3 is 0 Å². The molecule has 0 bridgehead atoms. The number of benzene rings is 3. The molecule has 142 valence electrons. The summed E-state index contributed by atoms with van der Waals surface area (Å²) in [5.41, 5.74) is 10.2. The lowest BCUT2D eigenvalue weighted by atomic mass is 10.1. The molecule has 28 heavy (non-hydrogen) atoms. The zero-order chi connectivity index (χ0) is 19.8.